The van der Waals surface area contributed by atoms with Crippen molar-refractivity contribution in [1.82, 2.24) is 10.2 Å². The number of hydrogen-bond donors (Lipinski definition) is 1. The fourth-order valence-corrected chi connectivity index (χ4v) is 3.33. The first-order chi connectivity index (χ1) is 7.63. The van der Waals surface area contributed by atoms with E-state index in [4.69, 9.17) is 17.0 Å². The third-order valence-corrected chi connectivity index (χ3v) is 4.18. The van der Waals surface area contributed by atoms with E-state index in [1.54, 1.807) is 0 Å². The van der Waals surface area contributed by atoms with Crippen LogP contribution in [0.5, 0.6) is 0 Å². The molecular weight excluding hydrogens is 264 g/mol. The lowest BCUT2D eigenvalue weighted by Crippen LogP contribution is -2.00. The van der Waals surface area contributed by atoms with Crippen LogP contribution < -0.4 is 0 Å². The summed E-state index contributed by atoms with van der Waals surface area (Å²) in [5, 5.41) is 9.42. The Morgan fingerprint density at radius 1 is 1.62 bits per heavy atom. The van der Waals surface area contributed by atoms with Crippen molar-refractivity contribution in [1.29, 1.82) is 0 Å². The van der Waals surface area contributed by atoms with Gasteiger partial charge in [-0.2, -0.15) is 5.10 Å². The van der Waals surface area contributed by atoms with E-state index in [0.29, 0.717) is 8.83 Å². The van der Waals surface area contributed by atoms with E-state index < -0.39 is 0 Å². The molecule has 4 nitrogen and oxygen atoms in total. The standard InChI is InChI=1S/C9H8N2O2S3/c1-4-3-15-6(8(12)13-2)5(4)7-10-11-9(14)16-7/h3H,1-2H3,(H,11,14). The zero-order valence-electron chi connectivity index (χ0n) is 8.57. The second-order valence-electron chi connectivity index (χ2n) is 3.03. The molecule has 2 aromatic heterocycles. The van der Waals surface area contributed by atoms with Crippen LogP contribution in [-0.2, 0) is 4.74 Å². The highest BCUT2D eigenvalue weighted by molar-refractivity contribution is 7.73. The Balaban J connectivity index is 2.59. The summed E-state index contributed by atoms with van der Waals surface area (Å²) in [7, 11) is 1.37. The average Bonchev–Trinajstić information content (AvgIpc) is 2.83. The Bertz CT molecular complexity index is 582. The van der Waals surface area contributed by atoms with Gasteiger partial charge in [-0.15, -0.1) is 11.3 Å². The summed E-state index contributed by atoms with van der Waals surface area (Å²) in [6.07, 6.45) is 0. The Hall–Kier alpha value is -1.05. The van der Waals surface area contributed by atoms with Crippen LogP contribution in [0.4, 0.5) is 0 Å². The third kappa shape index (κ3) is 1.93. The average molecular weight is 272 g/mol. The summed E-state index contributed by atoms with van der Waals surface area (Å²) in [5.74, 6) is -0.339. The van der Waals surface area contributed by atoms with E-state index in [2.05, 4.69) is 10.2 Å². The molecule has 0 saturated heterocycles. The highest BCUT2D eigenvalue weighted by atomic mass is 32.1. The molecule has 2 heterocycles. The normalized spacial score (nSPS) is 10.4. The fourth-order valence-electron chi connectivity index (χ4n) is 1.29. The van der Waals surface area contributed by atoms with Crippen LogP contribution >= 0.6 is 34.9 Å². The predicted molar refractivity (Wildman–Crippen MR) is 66.7 cm³/mol. The monoisotopic (exact) mass is 272 g/mol. The molecule has 2 aromatic rings. The van der Waals surface area contributed by atoms with E-state index in [-0.39, 0.29) is 5.97 Å². The number of methoxy groups -OCH3 is 1. The second kappa shape index (κ2) is 4.44. The van der Waals surface area contributed by atoms with E-state index in [9.17, 15) is 4.79 Å². The van der Waals surface area contributed by atoms with Crippen LogP contribution in [0.1, 0.15) is 15.2 Å². The molecule has 7 heteroatoms. The molecule has 0 fully saturated rings. The molecule has 0 saturated carbocycles. The molecule has 0 aliphatic heterocycles. The van der Waals surface area contributed by atoms with E-state index in [0.717, 1.165) is 16.1 Å². The number of carbonyl (C=O) groups is 1. The Morgan fingerprint density at radius 2 is 2.38 bits per heavy atom. The molecule has 84 valence electrons. The summed E-state index contributed by atoms with van der Waals surface area (Å²) in [6.45, 7) is 1.93. The number of H-pyrrole nitrogens is 1. The van der Waals surface area contributed by atoms with Crippen LogP contribution in [0, 0.1) is 10.9 Å². The van der Waals surface area contributed by atoms with Gasteiger partial charge in [0, 0.05) is 5.56 Å². The van der Waals surface area contributed by atoms with Crippen molar-refractivity contribution < 1.29 is 9.53 Å². The lowest BCUT2D eigenvalue weighted by atomic mass is 10.2. The molecule has 16 heavy (non-hydrogen) atoms. The lowest BCUT2D eigenvalue weighted by Gasteiger charge is -1.99. The van der Waals surface area contributed by atoms with Crippen LogP contribution in [0.25, 0.3) is 10.6 Å². The molecule has 0 unspecified atom stereocenters. The molecular formula is C9H8N2O2S3. The highest BCUT2D eigenvalue weighted by Crippen LogP contribution is 2.33. The smallest absolute Gasteiger partial charge is 0.348 e. The number of nitrogens with zero attached hydrogens (tertiary/aromatic N) is 1. The first kappa shape index (κ1) is 11.4. The maximum Gasteiger partial charge on any atom is 0.348 e. The van der Waals surface area contributed by atoms with Crippen LogP contribution in [0.3, 0.4) is 0 Å². The van der Waals surface area contributed by atoms with Gasteiger partial charge in [0.25, 0.3) is 0 Å². The van der Waals surface area contributed by atoms with E-state index >= 15 is 0 Å². The van der Waals surface area contributed by atoms with Crippen molar-refractivity contribution in [3.05, 3.63) is 19.8 Å². The van der Waals surface area contributed by atoms with Gasteiger partial charge in [0.05, 0.1) is 7.11 Å². The number of ether oxygens (including phenoxy) is 1. The fraction of sp³-hybridized carbons (Fsp3) is 0.222. The molecule has 0 aliphatic carbocycles. The quantitative estimate of drug-likeness (QED) is 0.674. The first-order valence-corrected chi connectivity index (χ1v) is 6.46. The van der Waals surface area contributed by atoms with Crippen molar-refractivity contribution in [3.63, 3.8) is 0 Å². The van der Waals surface area contributed by atoms with Crippen molar-refractivity contribution >= 4 is 40.9 Å². The highest BCUT2D eigenvalue weighted by Gasteiger charge is 2.20. The molecule has 0 aliphatic rings. The van der Waals surface area contributed by atoms with Crippen molar-refractivity contribution in [2.45, 2.75) is 6.92 Å². The summed E-state index contributed by atoms with van der Waals surface area (Å²) in [5.41, 5.74) is 1.82. The molecule has 0 radical (unpaired) electrons. The minimum atomic E-state index is -0.339. The van der Waals surface area contributed by atoms with Crippen molar-refractivity contribution in [2.24, 2.45) is 0 Å². The first-order valence-electron chi connectivity index (χ1n) is 4.35. The lowest BCUT2D eigenvalue weighted by molar-refractivity contribution is 0.0607. The van der Waals surface area contributed by atoms with Gasteiger partial charge in [0.15, 0.2) is 3.95 Å². The van der Waals surface area contributed by atoms with E-state index in [1.165, 1.54) is 29.8 Å². The molecule has 0 spiro atoms. The predicted octanol–water partition coefficient (Wildman–Crippen LogP) is 3.02. The SMILES string of the molecule is COC(=O)c1scc(C)c1-c1n[nH]c(=S)s1. The molecule has 2 rings (SSSR count). The third-order valence-electron chi connectivity index (χ3n) is 2.00. The number of hydrogen-bond acceptors (Lipinski definition) is 6. The molecule has 0 amide bonds. The van der Waals surface area contributed by atoms with Crippen molar-refractivity contribution in [3.8, 4) is 10.6 Å². The zero-order chi connectivity index (χ0) is 11.7. The molecule has 1 N–H and O–H groups in total. The van der Waals surface area contributed by atoms with Gasteiger partial charge >= 0.3 is 5.97 Å². The van der Waals surface area contributed by atoms with Gasteiger partial charge in [-0.25, -0.2) is 4.79 Å². The number of nitrogens with one attached hydrogen (secondary N) is 1. The zero-order valence-corrected chi connectivity index (χ0v) is 11.0. The molecule has 0 atom stereocenters. The second-order valence-corrected chi connectivity index (χ2v) is 5.58. The minimum absolute atomic E-state index is 0.339. The van der Waals surface area contributed by atoms with Gasteiger partial charge in [0.2, 0.25) is 0 Å². The van der Waals surface area contributed by atoms with Gasteiger partial charge in [0.1, 0.15) is 9.88 Å². The minimum Gasteiger partial charge on any atom is -0.465 e. The molecule has 0 bridgehead atoms. The number of esters is 1. The van der Waals surface area contributed by atoms with Gasteiger partial charge in [-0.3, -0.25) is 5.10 Å². The summed E-state index contributed by atoms with van der Waals surface area (Å²) >= 11 is 7.68. The maximum absolute atomic E-state index is 11.6. The topological polar surface area (TPSA) is 55.0 Å². The van der Waals surface area contributed by atoms with Crippen molar-refractivity contribution in [2.75, 3.05) is 7.11 Å². The number of carbonyl (C=O) groups excluding carboxylic acids is 1. The number of rotatable bonds is 2. The number of aryl methyl sites for hydroxylation is 1. The number of thiophene rings is 1. The van der Waals surface area contributed by atoms with Crippen LogP contribution in [0.2, 0.25) is 0 Å². The summed E-state index contributed by atoms with van der Waals surface area (Å²) < 4.78 is 5.32. The number of aromatic amines is 1. The number of aromatic nitrogens is 2. The van der Waals surface area contributed by atoms with Crippen LogP contribution in [-0.4, -0.2) is 23.3 Å². The summed E-state index contributed by atoms with van der Waals surface area (Å²) in [4.78, 5) is 12.1. The maximum atomic E-state index is 11.6. The summed E-state index contributed by atoms with van der Waals surface area (Å²) in [6, 6.07) is 0. The Kier molecular flexibility index (Phi) is 3.17. The van der Waals surface area contributed by atoms with Crippen LogP contribution in [0.15, 0.2) is 5.38 Å². The van der Waals surface area contributed by atoms with Gasteiger partial charge in [-0.05, 0) is 30.1 Å². The largest absolute Gasteiger partial charge is 0.465 e. The van der Waals surface area contributed by atoms with Gasteiger partial charge in [-0.1, -0.05) is 11.3 Å². The molecule has 0 aromatic carbocycles. The van der Waals surface area contributed by atoms with E-state index in [1.807, 2.05) is 12.3 Å². The Morgan fingerprint density at radius 3 is 2.94 bits per heavy atom. The van der Waals surface area contributed by atoms with Gasteiger partial charge < -0.3 is 4.74 Å². The Labute approximate surface area is 105 Å².